The molecule has 0 saturated carbocycles. The Balaban J connectivity index is 2.03. The molecule has 1 aromatic carbocycles. The lowest BCUT2D eigenvalue weighted by molar-refractivity contribution is 0.581. The fourth-order valence-corrected chi connectivity index (χ4v) is 3.07. The van der Waals surface area contributed by atoms with Gasteiger partial charge in [0.15, 0.2) is 0 Å². The van der Waals surface area contributed by atoms with Gasteiger partial charge < -0.3 is 0 Å². The molecule has 0 aliphatic heterocycles. The average molecular weight is 307 g/mol. The molecule has 1 heterocycles. The second-order valence-corrected chi connectivity index (χ2v) is 6.69. The molecule has 0 spiro atoms. The standard InChI is InChI=1S/C15H21N3O2S/c1-3-5-13-6-8-15(9-7-13)21(19,20)17-11-14-10-16-18(4-2)12-14/h6-10,12,17H,3-5,11H2,1-2H3. The number of hydrogen-bond acceptors (Lipinski definition) is 3. The first kappa shape index (κ1) is 15.7. The van der Waals surface area contributed by atoms with Gasteiger partial charge in [-0.05, 0) is 31.0 Å². The van der Waals surface area contributed by atoms with E-state index in [9.17, 15) is 8.42 Å². The van der Waals surface area contributed by atoms with Crippen LogP contribution in [0.3, 0.4) is 0 Å². The van der Waals surface area contributed by atoms with Crippen molar-refractivity contribution in [3.05, 3.63) is 47.8 Å². The van der Waals surface area contributed by atoms with Crippen molar-refractivity contribution in [3.8, 4) is 0 Å². The molecule has 0 bridgehead atoms. The van der Waals surface area contributed by atoms with Crippen molar-refractivity contribution < 1.29 is 8.42 Å². The number of nitrogens with one attached hydrogen (secondary N) is 1. The third kappa shape index (κ3) is 4.15. The Morgan fingerprint density at radius 3 is 2.43 bits per heavy atom. The molecule has 0 amide bonds. The van der Waals surface area contributed by atoms with E-state index in [1.807, 2.05) is 25.3 Å². The number of nitrogens with zero attached hydrogens (tertiary/aromatic N) is 2. The summed E-state index contributed by atoms with van der Waals surface area (Å²) in [6, 6.07) is 7.05. The van der Waals surface area contributed by atoms with E-state index < -0.39 is 10.0 Å². The van der Waals surface area contributed by atoms with E-state index in [1.165, 1.54) is 0 Å². The van der Waals surface area contributed by atoms with Gasteiger partial charge in [0, 0.05) is 24.8 Å². The first-order valence-corrected chi connectivity index (χ1v) is 8.63. The van der Waals surface area contributed by atoms with Gasteiger partial charge in [-0.15, -0.1) is 0 Å². The van der Waals surface area contributed by atoms with Crippen molar-refractivity contribution in [2.75, 3.05) is 0 Å². The molecule has 0 aliphatic rings. The van der Waals surface area contributed by atoms with Gasteiger partial charge >= 0.3 is 0 Å². The van der Waals surface area contributed by atoms with E-state index >= 15 is 0 Å². The molecular weight excluding hydrogens is 286 g/mol. The highest BCUT2D eigenvalue weighted by molar-refractivity contribution is 7.89. The maximum Gasteiger partial charge on any atom is 0.240 e. The van der Waals surface area contributed by atoms with Gasteiger partial charge in [0.2, 0.25) is 10.0 Å². The SMILES string of the molecule is CCCc1ccc(S(=O)(=O)NCc2cnn(CC)c2)cc1. The summed E-state index contributed by atoms with van der Waals surface area (Å²) in [5.74, 6) is 0. The van der Waals surface area contributed by atoms with Crippen LogP contribution >= 0.6 is 0 Å². The number of hydrogen-bond donors (Lipinski definition) is 1. The van der Waals surface area contributed by atoms with Gasteiger partial charge in [-0.3, -0.25) is 4.68 Å². The summed E-state index contributed by atoms with van der Waals surface area (Å²) in [5, 5.41) is 4.12. The molecule has 2 rings (SSSR count). The molecule has 5 nitrogen and oxygen atoms in total. The third-order valence-electron chi connectivity index (χ3n) is 3.25. The highest BCUT2D eigenvalue weighted by Crippen LogP contribution is 2.12. The van der Waals surface area contributed by atoms with Crippen LogP contribution in [0.1, 0.15) is 31.4 Å². The summed E-state index contributed by atoms with van der Waals surface area (Å²) in [6.45, 7) is 5.10. The average Bonchev–Trinajstić information content (AvgIpc) is 2.94. The molecule has 0 radical (unpaired) electrons. The van der Waals surface area contributed by atoms with Gasteiger partial charge in [0.25, 0.3) is 0 Å². The Hall–Kier alpha value is -1.66. The summed E-state index contributed by atoms with van der Waals surface area (Å²) < 4.78 is 28.8. The molecule has 21 heavy (non-hydrogen) atoms. The summed E-state index contributed by atoms with van der Waals surface area (Å²) in [4.78, 5) is 0.297. The van der Waals surface area contributed by atoms with E-state index in [2.05, 4.69) is 16.7 Å². The Morgan fingerprint density at radius 2 is 1.86 bits per heavy atom. The van der Waals surface area contributed by atoms with Crippen LogP contribution in [0.5, 0.6) is 0 Å². The fraction of sp³-hybridized carbons (Fsp3) is 0.400. The Morgan fingerprint density at radius 1 is 1.14 bits per heavy atom. The molecule has 1 N–H and O–H groups in total. The fourth-order valence-electron chi connectivity index (χ4n) is 2.06. The molecule has 114 valence electrons. The maximum absolute atomic E-state index is 12.2. The Labute approximate surface area is 126 Å². The minimum atomic E-state index is -3.47. The van der Waals surface area contributed by atoms with Crippen LogP contribution in [0.4, 0.5) is 0 Å². The molecule has 0 unspecified atom stereocenters. The second-order valence-electron chi connectivity index (χ2n) is 4.92. The van der Waals surface area contributed by atoms with Crippen molar-refractivity contribution in [2.45, 2.75) is 44.7 Å². The summed E-state index contributed by atoms with van der Waals surface area (Å²) in [5.41, 5.74) is 2.00. The van der Waals surface area contributed by atoms with Crippen molar-refractivity contribution >= 4 is 10.0 Å². The molecular formula is C15H21N3O2S. The van der Waals surface area contributed by atoms with E-state index in [0.717, 1.165) is 30.5 Å². The predicted octanol–water partition coefficient (Wildman–Crippen LogP) is 2.33. The summed E-state index contributed by atoms with van der Waals surface area (Å²) in [6.07, 6.45) is 5.53. The topological polar surface area (TPSA) is 64.0 Å². The van der Waals surface area contributed by atoms with Gasteiger partial charge in [-0.2, -0.15) is 5.10 Å². The van der Waals surface area contributed by atoms with Crippen LogP contribution in [0, 0.1) is 0 Å². The number of sulfonamides is 1. The number of rotatable bonds is 7. The zero-order valence-corrected chi connectivity index (χ0v) is 13.2. The second kappa shape index (κ2) is 6.87. The lowest BCUT2D eigenvalue weighted by atomic mass is 10.1. The van der Waals surface area contributed by atoms with E-state index in [-0.39, 0.29) is 6.54 Å². The molecule has 0 atom stereocenters. The van der Waals surface area contributed by atoms with Crippen molar-refractivity contribution in [3.63, 3.8) is 0 Å². The Kier molecular flexibility index (Phi) is 5.14. The third-order valence-corrected chi connectivity index (χ3v) is 4.67. The highest BCUT2D eigenvalue weighted by atomic mass is 32.2. The monoisotopic (exact) mass is 307 g/mol. The minimum absolute atomic E-state index is 0.249. The largest absolute Gasteiger partial charge is 0.273 e. The Bertz CT molecular complexity index is 675. The smallest absolute Gasteiger partial charge is 0.240 e. The van der Waals surface area contributed by atoms with Crippen LogP contribution < -0.4 is 4.72 Å². The zero-order valence-electron chi connectivity index (χ0n) is 12.4. The van der Waals surface area contributed by atoms with E-state index in [0.29, 0.717) is 4.90 Å². The van der Waals surface area contributed by atoms with E-state index in [4.69, 9.17) is 0 Å². The van der Waals surface area contributed by atoms with Gasteiger partial charge in [-0.25, -0.2) is 13.1 Å². The zero-order chi connectivity index (χ0) is 15.3. The maximum atomic E-state index is 12.2. The molecule has 6 heteroatoms. The van der Waals surface area contributed by atoms with Crippen molar-refractivity contribution in [2.24, 2.45) is 0 Å². The lowest BCUT2D eigenvalue weighted by Crippen LogP contribution is -2.23. The first-order valence-electron chi connectivity index (χ1n) is 7.15. The summed E-state index contributed by atoms with van der Waals surface area (Å²) >= 11 is 0. The minimum Gasteiger partial charge on any atom is -0.273 e. The molecule has 1 aromatic heterocycles. The normalized spacial score (nSPS) is 11.7. The number of aryl methyl sites for hydroxylation is 2. The first-order chi connectivity index (χ1) is 10.0. The van der Waals surface area contributed by atoms with Crippen molar-refractivity contribution in [1.29, 1.82) is 0 Å². The van der Waals surface area contributed by atoms with Gasteiger partial charge in [0.05, 0.1) is 11.1 Å². The van der Waals surface area contributed by atoms with Crippen molar-refractivity contribution in [1.82, 2.24) is 14.5 Å². The molecule has 2 aromatic rings. The van der Waals surface area contributed by atoms with Crippen LogP contribution in [0.25, 0.3) is 0 Å². The van der Waals surface area contributed by atoms with Crippen LogP contribution in [0.2, 0.25) is 0 Å². The van der Waals surface area contributed by atoms with E-state index in [1.54, 1.807) is 23.0 Å². The molecule has 0 aliphatic carbocycles. The predicted molar refractivity (Wildman–Crippen MR) is 82.4 cm³/mol. The van der Waals surface area contributed by atoms with Gasteiger partial charge in [-0.1, -0.05) is 25.5 Å². The quantitative estimate of drug-likeness (QED) is 0.854. The van der Waals surface area contributed by atoms with Gasteiger partial charge in [0.1, 0.15) is 0 Å². The summed E-state index contributed by atoms with van der Waals surface area (Å²) in [7, 11) is -3.47. The van der Waals surface area contributed by atoms with Crippen LogP contribution in [-0.2, 0) is 29.5 Å². The number of benzene rings is 1. The highest BCUT2D eigenvalue weighted by Gasteiger charge is 2.13. The number of aromatic nitrogens is 2. The lowest BCUT2D eigenvalue weighted by Gasteiger charge is -2.06. The van der Waals surface area contributed by atoms with Crippen LogP contribution in [0.15, 0.2) is 41.6 Å². The molecule has 0 fully saturated rings. The molecule has 0 saturated heterocycles. The van der Waals surface area contributed by atoms with Crippen LogP contribution in [-0.4, -0.2) is 18.2 Å².